The number of sulfonamides is 1. The zero-order chi connectivity index (χ0) is 23.2. The van der Waals surface area contributed by atoms with Crippen molar-refractivity contribution in [3.63, 3.8) is 0 Å². The molecule has 178 valence electrons. The molecule has 0 aromatic carbocycles. The molecule has 3 fully saturated rings. The third-order valence-corrected chi connectivity index (χ3v) is 9.06. The van der Waals surface area contributed by atoms with Crippen LogP contribution < -0.4 is 5.32 Å². The van der Waals surface area contributed by atoms with Gasteiger partial charge in [-0.15, -0.1) is 0 Å². The number of carbonyl (C=O) groups is 2. The summed E-state index contributed by atoms with van der Waals surface area (Å²) in [5, 5.41) is 3.87. The molecule has 4 heterocycles. The fourth-order valence-corrected chi connectivity index (χ4v) is 6.37. The SMILES string of the molecule is CS(=O)(=O)N1CCC(C(=O)N2CCC3(CC2)CC3CNC(=O)c2cc3ccncc3o2)CC1. The van der Waals surface area contributed by atoms with Gasteiger partial charge in [0, 0.05) is 50.2 Å². The van der Waals surface area contributed by atoms with Gasteiger partial charge in [-0.2, -0.15) is 0 Å². The first-order valence-electron chi connectivity index (χ1n) is 11.6. The Morgan fingerprint density at radius 3 is 2.61 bits per heavy atom. The van der Waals surface area contributed by atoms with Crippen LogP contribution in [0.25, 0.3) is 11.0 Å². The summed E-state index contributed by atoms with van der Waals surface area (Å²) in [5.41, 5.74) is 0.825. The predicted molar refractivity (Wildman–Crippen MR) is 122 cm³/mol. The molecule has 2 aliphatic heterocycles. The lowest BCUT2D eigenvalue weighted by Crippen LogP contribution is -2.47. The summed E-state index contributed by atoms with van der Waals surface area (Å²) in [4.78, 5) is 31.4. The number of piperidine rings is 2. The van der Waals surface area contributed by atoms with Crippen LogP contribution in [0.2, 0.25) is 0 Å². The van der Waals surface area contributed by atoms with E-state index in [1.54, 1.807) is 18.5 Å². The van der Waals surface area contributed by atoms with Gasteiger partial charge in [-0.25, -0.2) is 12.7 Å². The fourth-order valence-electron chi connectivity index (χ4n) is 5.50. The fraction of sp³-hybridized carbons (Fsp3) is 0.609. The number of furan rings is 1. The molecular formula is C23H30N4O5S. The van der Waals surface area contributed by atoms with Crippen molar-refractivity contribution >= 4 is 32.8 Å². The number of pyridine rings is 1. The highest BCUT2D eigenvalue weighted by molar-refractivity contribution is 7.88. The summed E-state index contributed by atoms with van der Waals surface area (Å²) in [7, 11) is -3.18. The van der Waals surface area contributed by atoms with Crippen LogP contribution in [-0.4, -0.2) is 73.4 Å². The van der Waals surface area contributed by atoms with Gasteiger partial charge in [0.2, 0.25) is 15.9 Å². The minimum absolute atomic E-state index is 0.0784. The van der Waals surface area contributed by atoms with E-state index in [1.807, 2.05) is 11.0 Å². The maximum Gasteiger partial charge on any atom is 0.287 e. The summed E-state index contributed by atoms with van der Waals surface area (Å²) in [5.74, 6) is 0.618. The smallest absolute Gasteiger partial charge is 0.287 e. The second-order valence-electron chi connectivity index (χ2n) is 9.76. The Bertz CT molecular complexity index is 1130. The number of likely N-dealkylation sites (tertiary alicyclic amines) is 1. The summed E-state index contributed by atoms with van der Waals surface area (Å²) in [6.07, 6.45) is 8.68. The normalized spacial score (nSPS) is 23.7. The van der Waals surface area contributed by atoms with Crippen LogP contribution in [0.4, 0.5) is 0 Å². The molecule has 1 aliphatic carbocycles. The Morgan fingerprint density at radius 2 is 1.94 bits per heavy atom. The largest absolute Gasteiger partial charge is 0.449 e. The van der Waals surface area contributed by atoms with Crippen molar-refractivity contribution in [2.75, 3.05) is 39.0 Å². The van der Waals surface area contributed by atoms with E-state index in [9.17, 15) is 18.0 Å². The average Bonchev–Trinajstić information content (AvgIpc) is 3.28. The molecule has 0 radical (unpaired) electrons. The first-order chi connectivity index (χ1) is 15.7. The highest BCUT2D eigenvalue weighted by Gasteiger charge is 2.55. The molecule has 1 unspecified atom stereocenters. The first-order valence-corrected chi connectivity index (χ1v) is 13.5. The number of aromatic nitrogens is 1. The van der Waals surface area contributed by atoms with Crippen molar-refractivity contribution in [3.05, 3.63) is 30.3 Å². The summed E-state index contributed by atoms with van der Waals surface area (Å²) < 4.78 is 30.4. The first kappa shape index (κ1) is 22.3. The van der Waals surface area contributed by atoms with Crippen LogP contribution in [-0.2, 0) is 14.8 Å². The second-order valence-corrected chi connectivity index (χ2v) is 11.7. The average molecular weight is 475 g/mol. The van der Waals surface area contributed by atoms with E-state index in [2.05, 4.69) is 10.3 Å². The van der Waals surface area contributed by atoms with Crippen molar-refractivity contribution in [1.82, 2.24) is 19.5 Å². The molecule has 10 heteroatoms. The van der Waals surface area contributed by atoms with E-state index in [4.69, 9.17) is 4.42 Å². The van der Waals surface area contributed by atoms with Crippen LogP contribution in [0.3, 0.4) is 0 Å². The molecule has 33 heavy (non-hydrogen) atoms. The van der Waals surface area contributed by atoms with Gasteiger partial charge in [-0.05, 0) is 55.6 Å². The van der Waals surface area contributed by atoms with Crippen LogP contribution in [0.5, 0.6) is 0 Å². The minimum atomic E-state index is -3.18. The quantitative estimate of drug-likeness (QED) is 0.708. The van der Waals surface area contributed by atoms with Crippen molar-refractivity contribution < 1.29 is 22.4 Å². The van der Waals surface area contributed by atoms with Gasteiger partial charge < -0.3 is 14.6 Å². The molecule has 2 amide bonds. The zero-order valence-corrected chi connectivity index (χ0v) is 19.6. The van der Waals surface area contributed by atoms with Crippen molar-refractivity contribution in [1.29, 1.82) is 0 Å². The van der Waals surface area contributed by atoms with Gasteiger partial charge in [-0.3, -0.25) is 14.6 Å². The predicted octanol–water partition coefficient (Wildman–Crippen LogP) is 1.86. The van der Waals surface area contributed by atoms with Crippen LogP contribution in [0, 0.1) is 17.3 Å². The van der Waals surface area contributed by atoms with Gasteiger partial charge in [0.1, 0.15) is 0 Å². The van der Waals surface area contributed by atoms with Gasteiger partial charge in [0.15, 0.2) is 11.3 Å². The number of carbonyl (C=O) groups excluding carboxylic acids is 2. The second kappa shape index (κ2) is 8.39. The Labute approximate surface area is 193 Å². The molecule has 0 bridgehead atoms. The standard InChI is InChI=1S/C23H30N4O5S/c1-33(30,31)27-8-3-16(4-9-27)22(29)26-10-5-23(6-11-26)13-18(23)14-25-21(28)19-12-17-2-7-24-15-20(17)32-19/h2,7,12,15-16,18H,3-6,8-11,13-14H2,1H3,(H,25,28). The molecule has 1 saturated carbocycles. The van der Waals surface area contributed by atoms with Crippen LogP contribution in [0.1, 0.15) is 42.7 Å². The molecule has 9 nitrogen and oxygen atoms in total. The van der Waals surface area contributed by atoms with Crippen LogP contribution in [0.15, 0.2) is 28.9 Å². The van der Waals surface area contributed by atoms with Gasteiger partial charge >= 0.3 is 0 Å². The zero-order valence-electron chi connectivity index (χ0n) is 18.8. The molecule has 5 rings (SSSR count). The third kappa shape index (κ3) is 4.50. The van der Waals surface area contributed by atoms with E-state index in [-0.39, 0.29) is 23.1 Å². The topological polar surface area (TPSA) is 113 Å². The van der Waals surface area contributed by atoms with Gasteiger partial charge in [0.05, 0.1) is 12.5 Å². The summed E-state index contributed by atoms with van der Waals surface area (Å²) >= 11 is 0. The highest BCUT2D eigenvalue weighted by Crippen LogP contribution is 2.59. The summed E-state index contributed by atoms with van der Waals surface area (Å²) in [6, 6.07) is 3.55. The maximum absolute atomic E-state index is 13.0. The third-order valence-electron chi connectivity index (χ3n) is 7.76. The van der Waals surface area contributed by atoms with Crippen LogP contribution >= 0.6 is 0 Å². The lowest BCUT2D eigenvalue weighted by molar-refractivity contribution is -0.138. The van der Waals surface area contributed by atoms with E-state index < -0.39 is 10.0 Å². The minimum Gasteiger partial charge on any atom is -0.449 e. The highest BCUT2D eigenvalue weighted by atomic mass is 32.2. The molecule has 2 aromatic rings. The number of rotatable bonds is 5. The van der Waals surface area contributed by atoms with Gasteiger partial charge in [-0.1, -0.05) is 0 Å². The Balaban J connectivity index is 1.08. The number of fused-ring (bicyclic) bond motifs is 1. The molecule has 1 atom stereocenters. The Morgan fingerprint density at radius 1 is 1.21 bits per heavy atom. The number of hydrogen-bond acceptors (Lipinski definition) is 6. The number of amides is 2. The summed E-state index contributed by atoms with van der Waals surface area (Å²) in [6.45, 7) is 2.96. The molecule has 2 aromatic heterocycles. The Kier molecular flexibility index (Phi) is 5.68. The van der Waals surface area contributed by atoms with E-state index in [0.29, 0.717) is 49.7 Å². The lowest BCUT2D eigenvalue weighted by Gasteiger charge is -2.37. The molecule has 3 aliphatic rings. The maximum atomic E-state index is 13.0. The molecule has 2 saturated heterocycles. The molecular weight excluding hydrogens is 444 g/mol. The Hall–Kier alpha value is -2.46. The lowest BCUT2D eigenvalue weighted by atomic mass is 9.89. The molecule has 1 N–H and O–H groups in total. The molecule has 1 spiro atoms. The van der Waals surface area contributed by atoms with Crippen molar-refractivity contribution in [3.8, 4) is 0 Å². The van der Waals surface area contributed by atoms with Crippen molar-refractivity contribution in [2.45, 2.75) is 32.1 Å². The van der Waals surface area contributed by atoms with Crippen molar-refractivity contribution in [2.24, 2.45) is 17.3 Å². The van der Waals surface area contributed by atoms with Gasteiger partial charge in [0.25, 0.3) is 5.91 Å². The van der Waals surface area contributed by atoms with E-state index in [0.717, 1.165) is 37.7 Å². The number of nitrogens with zero attached hydrogens (tertiary/aromatic N) is 3. The monoisotopic (exact) mass is 474 g/mol. The number of nitrogens with one attached hydrogen (secondary N) is 1. The van der Waals surface area contributed by atoms with E-state index >= 15 is 0 Å². The van der Waals surface area contributed by atoms with E-state index in [1.165, 1.54) is 10.6 Å². The number of hydrogen-bond donors (Lipinski definition) is 1.